The van der Waals surface area contributed by atoms with Crippen LogP contribution in [0.2, 0.25) is 5.02 Å². The van der Waals surface area contributed by atoms with Gasteiger partial charge in [0.25, 0.3) is 0 Å². The molecule has 0 amide bonds. The highest BCUT2D eigenvalue weighted by Gasteiger charge is 2.14. The Bertz CT molecular complexity index is 717. The Morgan fingerprint density at radius 2 is 2.22 bits per heavy atom. The van der Waals surface area contributed by atoms with Gasteiger partial charge in [-0.3, -0.25) is 0 Å². The number of nitrogen functional groups attached to an aromatic ring is 1. The topological polar surface area (TPSA) is 52.0 Å². The smallest absolute Gasteiger partial charge is 0.230 e. The Kier molecular flexibility index (Phi) is 2.76. The van der Waals surface area contributed by atoms with Crippen LogP contribution in [0.3, 0.4) is 0 Å². The van der Waals surface area contributed by atoms with Crippen LogP contribution in [0, 0.1) is 0 Å². The second-order valence-electron chi connectivity index (χ2n) is 3.98. The number of anilines is 1. The fourth-order valence-corrected chi connectivity index (χ4v) is 2.84. The number of oxazole rings is 1. The van der Waals surface area contributed by atoms with Crippen LogP contribution in [-0.4, -0.2) is 4.98 Å². The lowest BCUT2D eigenvalue weighted by Gasteiger charge is -1.90. The van der Waals surface area contributed by atoms with Crippen molar-refractivity contribution < 1.29 is 4.42 Å². The molecular formula is C13H11ClN2OS. The van der Waals surface area contributed by atoms with E-state index in [-0.39, 0.29) is 0 Å². The minimum atomic E-state index is 0.556. The van der Waals surface area contributed by atoms with Crippen molar-refractivity contribution in [3.05, 3.63) is 34.2 Å². The van der Waals surface area contributed by atoms with E-state index in [4.69, 9.17) is 21.8 Å². The Morgan fingerprint density at radius 1 is 1.39 bits per heavy atom. The molecular weight excluding hydrogens is 268 g/mol. The zero-order chi connectivity index (χ0) is 12.7. The third-order valence-electron chi connectivity index (χ3n) is 2.74. The number of rotatable bonds is 2. The monoisotopic (exact) mass is 278 g/mol. The molecule has 0 fully saturated rings. The second kappa shape index (κ2) is 4.30. The third kappa shape index (κ3) is 1.87. The first-order valence-corrected chi connectivity index (χ1v) is 6.81. The van der Waals surface area contributed by atoms with Crippen LogP contribution < -0.4 is 5.73 Å². The van der Waals surface area contributed by atoms with Gasteiger partial charge >= 0.3 is 0 Å². The molecule has 2 aromatic heterocycles. The summed E-state index contributed by atoms with van der Waals surface area (Å²) in [6.45, 7) is 2.10. The lowest BCUT2D eigenvalue weighted by atomic mass is 10.2. The van der Waals surface area contributed by atoms with Gasteiger partial charge < -0.3 is 10.2 Å². The number of thiophene rings is 1. The predicted molar refractivity (Wildman–Crippen MR) is 76.1 cm³/mol. The molecule has 0 radical (unpaired) electrons. The quantitative estimate of drug-likeness (QED) is 0.758. The van der Waals surface area contributed by atoms with Crippen molar-refractivity contribution in [2.45, 2.75) is 13.3 Å². The van der Waals surface area contributed by atoms with Crippen LogP contribution in [0.4, 0.5) is 5.00 Å². The number of hydrogen-bond acceptors (Lipinski definition) is 4. The second-order valence-corrected chi connectivity index (χ2v) is 5.58. The maximum atomic E-state index is 5.99. The van der Waals surface area contributed by atoms with Gasteiger partial charge in [0.15, 0.2) is 5.58 Å². The molecule has 2 N–H and O–H groups in total. The van der Waals surface area contributed by atoms with Crippen LogP contribution in [0.25, 0.3) is 22.6 Å². The van der Waals surface area contributed by atoms with Crippen LogP contribution in [0.15, 0.2) is 28.7 Å². The molecule has 1 aromatic carbocycles. The Hall–Kier alpha value is -1.52. The van der Waals surface area contributed by atoms with E-state index < -0.39 is 0 Å². The van der Waals surface area contributed by atoms with E-state index >= 15 is 0 Å². The maximum Gasteiger partial charge on any atom is 0.230 e. The van der Waals surface area contributed by atoms with Gasteiger partial charge in [0, 0.05) is 9.90 Å². The molecule has 0 aliphatic rings. The van der Waals surface area contributed by atoms with Crippen molar-refractivity contribution >= 4 is 39.0 Å². The standard InChI is InChI=1S/C13H11ClN2OS/c1-2-8-6-9(12(15)18-8)13-16-10-5-7(14)3-4-11(10)17-13/h3-6H,2,15H2,1H3. The number of aromatic nitrogens is 1. The molecule has 92 valence electrons. The van der Waals surface area contributed by atoms with Gasteiger partial charge in [0.05, 0.1) is 10.6 Å². The van der Waals surface area contributed by atoms with Crippen molar-refractivity contribution in [1.29, 1.82) is 0 Å². The van der Waals surface area contributed by atoms with Crippen molar-refractivity contribution in [2.24, 2.45) is 0 Å². The average Bonchev–Trinajstić information content (AvgIpc) is 2.91. The zero-order valence-corrected chi connectivity index (χ0v) is 11.3. The highest BCUT2D eigenvalue weighted by molar-refractivity contribution is 7.16. The summed E-state index contributed by atoms with van der Waals surface area (Å²) in [5, 5.41) is 1.39. The summed E-state index contributed by atoms with van der Waals surface area (Å²) in [4.78, 5) is 5.65. The van der Waals surface area contributed by atoms with E-state index in [0.717, 1.165) is 28.1 Å². The molecule has 0 aliphatic carbocycles. The number of fused-ring (bicyclic) bond motifs is 1. The van der Waals surface area contributed by atoms with Crippen LogP contribution in [0.1, 0.15) is 11.8 Å². The molecule has 2 heterocycles. The van der Waals surface area contributed by atoms with Gasteiger partial charge in [0.2, 0.25) is 5.89 Å². The van der Waals surface area contributed by atoms with Gasteiger partial charge in [0.1, 0.15) is 5.52 Å². The lowest BCUT2D eigenvalue weighted by Crippen LogP contribution is -1.82. The van der Waals surface area contributed by atoms with Crippen LogP contribution >= 0.6 is 22.9 Å². The highest BCUT2D eigenvalue weighted by Crippen LogP contribution is 2.35. The van der Waals surface area contributed by atoms with Crippen LogP contribution in [0.5, 0.6) is 0 Å². The van der Waals surface area contributed by atoms with Crippen molar-refractivity contribution in [1.82, 2.24) is 4.98 Å². The molecule has 18 heavy (non-hydrogen) atoms. The first-order valence-electron chi connectivity index (χ1n) is 5.62. The molecule has 5 heteroatoms. The first kappa shape index (κ1) is 11.6. The van der Waals surface area contributed by atoms with E-state index in [1.807, 2.05) is 12.1 Å². The van der Waals surface area contributed by atoms with Gasteiger partial charge in [-0.1, -0.05) is 18.5 Å². The molecule has 3 aromatic rings. The van der Waals surface area contributed by atoms with Crippen molar-refractivity contribution in [3.63, 3.8) is 0 Å². The molecule has 3 nitrogen and oxygen atoms in total. The summed E-state index contributed by atoms with van der Waals surface area (Å²) in [7, 11) is 0. The SMILES string of the molecule is CCc1cc(-c2nc3cc(Cl)ccc3o2)c(N)s1. The van der Waals surface area contributed by atoms with E-state index in [1.54, 1.807) is 23.5 Å². The summed E-state index contributed by atoms with van der Waals surface area (Å²) < 4.78 is 5.70. The Balaban J connectivity index is 2.15. The van der Waals surface area contributed by atoms with Gasteiger partial charge in [-0.2, -0.15) is 0 Å². The van der Waals surface area contributed by atoms with Crippen LogP contribution in [-0.2, 0) is 6.42 Å². The van der Waals surface area contributed by atoms with E-state index in [2.05, 4.69) is 11.9 Å². The molecule has 0 bridgehead atoms. The molecule has 0 aliphatic heterocycles. The summed E-state index contributed by atoms with van der Waals surface area (Å²) >= 11 is 7.50. The maximum absolute atomic E-state index is 5.99. The largest absolute Gasteiger partial charge is 0.436 e. The number of nitrogens with two attached hydrogens (primary N) is 1. The minimum absolute atomic E-state index is 0.556. The predicted octanol–water partition coefficient (Wildman–Crippen LogP) is 4.35. The van der Waals surface area contributed by atoms with Crippen molar-refractivity contribution in [3.8, 4) is 11.5 Å². The number of halogens is 1. The molecule has 0 saturated heterocycles. The Labute approximate surface area is 113 Å². The van der Waals surface area contributed by atoms with Gasteiger partial charge in [-0.15, -0.1) is 11.3 Å². The summed E-state index contributed by atoms with van der Waals surface area (Å²) in [6, 6.07) is 7.42. The van der Waals surface area contributed by atoms with Gasteiger partial charge in [-0.25, -0.2) is 4.98 Å². The fourth-order valence-electron chi connectivity index (χ4n) is 1.81. The van der Waals surface area contributed by atoms with Gasteiger partial charge in [-0.05, 0) is 30.7 Å². The fraction of sp³-hybridized carbons (Fsp3) is 0.154. The van der Waals surface area contributed by atoms with E-state index in [1.165, 1.54) is 4.88 Å². The summed E-state index contributed by atoms with van der Waals surface area (Å²) in [6.07, 6.45) is 0.959. The third-order valence-corrected chi connectivity index (χ3v) is 4.08. The number of benzene rings is 1. The van der Waals surface area contributed by atoms with E-state index in [0.29, 0.717) is 10.9 Å². The first-order chi connectivity index (χ1) is 8.67. The number of nitrogens with zero attached hydrogens (tertiary/aromatic N) is 1. The number of hydrogen-bond donors (Lipinski definition) is 1. The lowest BCUT2D eigenvalue weighted by molar-refractivity contribution is 0.620. The van der Waals surface area contributed by atoms with E-state index in [9.17, 15) is 0 Å². The highest BCUT2D eigenvalue weighted by atomic mass is 35.5. The molecule has 0 spiro atoms. The summed E-state index contributed by atoms with van der Waals surface area (Å²) in [5.74, 6) is 0.556. The number of aryl methyl sites for hydroxylation is 1. The molecule has 0 saturated carbocycles. The Morgan fingerprint density at radius 3 is 2.94 bits per heavy atom. The molecule has 0 unspecified atom stereocenters. The molecule has 3 rings (SSSR count). The summed E-state index contributed by atoms with van der Waals surface area (Å²) in [5.41, 5.74) is 8.33. The average molecular weight is 279 g/mol. The normalized spacial score (nSPS) is 11.2. The molecule has 0 atom stereocenters. The minimum Gasteiger partial charge on any atom is -0.436 e. The van der Waals surface area contributed by atoms with Crippen molar-refractivity contribution in [2.75, 3.05) is 5.73 Å². The zero-order valence-electron chi connectivity index (χ0n) is 9.74.